The van der Waals surface area contributed by atoms with Crippen LogP contribution >= 0.6 is 0 Å². The number of amides is 3. The second kappa shape index (κ2) is 11.8. The van der Waals surface area contributed by atoms with Gasteiger partial charge in [-0.2, -0.15) is 0 Å². The molecule has 2 bridgehead atoms. The van der Waals surface area contributed by atoms with Gasteiger partial charge in [-0.15, -0.1) is 13.2 Å². The van der Waals surface area contributed by atoms with Crippen LogP contribution < -0.4 is 9.80 Å². The van der Waals surface area contributed by atoms with E-state index in [4.69, 9.17) is 4.74 Å². The number of anilines is 2. The van der Waals surface area contributed by atoms with Gasteiger partial charge < -0.3 is 24.5 Å². The van der Waals surface area contributed by atoms with Gasteiger partial charge in [0.25, 0.3) is 5.91 Å². The van der Waals surface area contributed by atoms with Crippen molar-refractivity contribution in [3.63, 3.8) is 0 Å². The largest absolute Gasteiger partial charge is 0.396 e. The summed E-state index contributed by atoms with van der Waals surface area (Å²) in [4.78, 5) is 48.1. The van der Waals surface area contributed by atoms with Crippen LogP contribution in [0.15, 0.2) is 98.1 Å². The molecule has 3 amide bonds. The third kappa shape index (κ3) is 4.75. The summed E-state index contributed by atoms with van der Waals surface area (Å²) in [5.74, 6) is -2.28. The van der Waals surface area contributed by atoms with Crippen LogP contribution in [0.25, 0.3) is 10.8 Å². The van der Waals surface area contributed by atoms with Crippen LogP contribution in [0.5, 0.6) is 0 Å². The summed E-state index contributed by atoms with van der Waals surface area (Å²) in [6.45, 7) is 8.33. The normalized spacial score (nSPS) is 25.5. The number of para-hydroxylation sites is 1. The third-order valence-corrected chi connectivity index (χ3v) is 9.14. The topological polar surface area (TPSA) is 90.4 Å². The first kappa shape index (κ1) is 28.8. The molecule has 3 aliphatic rings. The molecule has 0 saturated carbocycles. The van der Waals surface area contributed by atoms with Crippen molar-refractivity contribution in [2.24, 2.45) is 11.8 Å². The van der Waals surface area contributed by atoms with Gasteiger partial charge in [0.2, 0.25) is 11.8 Å². The molecule has 3 saturated heterocycles. The molecule has 8 heteroatoms. The maximum atomic E-state index is 14.7. The van der Waals surface area contributed by atoms with E-state index >= 15 is 0 Å². The number of aliphatic hydroxyl groups excluding tert-OH is 1. The molecule has 3 aromatic carbocycles. The fourth-order valence-corrected chi connectivity index (χ4v) is 7.38. The highest BCUT2D eigenvalue weighted by Crippen LogP contribution is 2.59. The molecule has 2 unspecified atom stereocenters. The van der Waals surface area contributed by atoms with E-state index in [1.807, 2.05) is 72.8 Å². The molecule has 0 radical (unpaired) electrons. The minimum Gasteiger partial charge on any atom is -0.396 e. The number of nitrogens with zero attached hydrogens (tertiary/aromatic N) is 3. The molecular weight excluding hydrogens is 542 g/mol. The molecule has 8 nitrogen and oxygen atoms in total. The highest BCUT2D eigenvalue weighted by atomic mass is 16.5. The Morgan fingerprint density at radius 2 is 1.60 bits per heavy atom. The molecule has 6 rings (SSSR count). The van der Waals surface area contributed by atoms with Crippen molar-refractivity contribution >= 4 is 39.9 Å². The molecule has 43 heavy (non-hydrogen) atoms. The Morgan fingerprint density at radius 1 is 0.930 bits per heavy atom. The maximum Gasteiger partial charge on any atom is 0.253 e. The van der Waals surface area contributed by atoms with E-state index in [9.17, 15) is 19.5 Å². The lowest BCUT2D eigenvalue weighted by Crippen LogP contribution is -2.56. The standard InChI is InChI=1S/C35H37N3O5/c1-3-19-36(26-13-6-5-7-14-26)32(40)29-28-17-18-35(43-28)30(29)33(41)38(21-10-22-39)31(35)34(42)37(20-4-2)27-16-15-24-11-8-9-12-25(24)23-27/h3-9,11-16,23,28-31,39H,1-2,10,17-22H2/t28-,29+,30+,31?,35?/m1/s1. The summed E-state index contributed by atoms with van der Waals surface area (Å²) in [5, 5.41) is 11.7. The summed E-state index contributed by atoms with van der Waals surface area (Å²) in [5.41, 5.74) is 0.272. The number of benzene rings is 3. The second-order valence-electron chi connectivity index (χ2n) is 11.5. The van der Waals surface area contributed by atoms with Crippen molar-refractivity contribution in [3.8, 4) is 0 Å². The predicted octanol–water partition coefficient (Wildman–Crippen LogP) is 4.34. The fourth-order valence-electron chi connectivity index (χ4n) is 7.38. The van der Waals surface area contributed by atoms with E-state index in [0.29, 0.717) is 30.6 Å². The monoisotopic (exact) mass is 579 g/mol. The minimum atomic E-state index is -1.14. The first-order valence-corrected chi connectivity index (χ1v) is 14.9. The number of fused-ring (bicyclic) bond motifs is 2. The van der Waals surface area contributed by atoms with Crippen molar-refractivity contribution in [3.05, 3.63) is 98.1 Å². The highest BCUT2D eigenvalue weighted by molar-refractivity contribution is 6.07. The van der Waals surface area contributed by atoms with Gasteiger partial charge in [0, 0.05) is 37.6 Å². The summed E-state index contributed by atoms with van der Waals surface area (Å²) in [6, 6.07) is 22.2. The molecule has 1 N–H and O–H groups in total. The van der Waals surface area contributed by atoms with Crippen molar-refractivity contribution in [2.45, 2.75) is 37.0 Å². The van der Waals surface area contributed by atoms with Crippen LogP contribution in [0.2, 0.25) is 0 Å². The number of likely N-dealkylation sites (tertiary alicyclic amines) is 1. The van der Waals surface area contributed by atoms with Crippen molar-refractivity contribution in [2.75, 3.05) is 36.0 Å². The lowest BCUT2D eigenvalue weighted by atomic mass is 9.70. The predicted molar refractivity (Wildman–Crippen MR) is 167 cm³/mol. The van der Waals surface area contributed by atoms with Gasteiger partial charge >= 0.3 is 0 Å². The van der Waals surface area contributed by atoms with Crippen molar-refractivity contribution in [1.29, 1.82) is 0 Å². The lowest BCUT2D eigenvalue weighted by molar-refractivity contribution is -0.141. The van der Waals surface area contributed by atoms with Crippen LogP contribution in [0.3, 0.4) is 0 Å². The van der Waals surface area contributed by atoms with E-state index in [1.54, 1.807) is 26.9 Å². The summed E-state index contributed by atoms with van der Waals surface area (Å²) < 4.78 is 6.66. The Morgan fingerprint density at radius 3 is 2.30 bits per heavy atom. The number of hydrogen-bond donors (Lipinski definition) is 1. The number of carbonyl (C=O) groups is 3. The Kier molecular flexibility index (Phi) is 7.90. The summed E-state index contributed by atoms with van der Waals surface area (Å²) in [6.07, 6.45) is 4.25. The average Bonchev–Trinajstić information content (AvgIpc) is 3.68. The van der Waals surface area contributed by atoms with Gasteiger partial charge in [0.15, 0.2) is 0 Å². The highest BCUT2D eigenvalue weighted by Gasteiger charge is 2.74. The number of aliphatic hydroxyl groups is 1. The van der Waals surface area contributed by atoms with E-state index in [-0.39, 0.29) is 44.0 Å². The van der Waals surface area contributed by atoms with E-state index < -0.39 is 29.6 Å². The van der Waals surface area contributed by atoms with E-state index in [1.165, 1.54) is 0 Å². The summed E-state index contributed by atoms with van der Waals surface area (Å²) >= 11 is 0. The van der Waals surface area contributed by atoms with E-state index in [0.717, 1.165) is 10.8 Å². The molecule has 1 spiro atoms. The first-order valence-electron chi connectivity index (χ1n) is 14.9. The minimum absolute atomic E-state index is 0.129. The van der Waals surface area contributed by atoms with Crippen molar-refractivity contribution in [1.82, 2.24) is 4.90 Å². The fraction of sp³-hybridized carbons (Fsp3) is 0.343. The second-order valence-corrected chi connectivity index (χ2v) is 11.5. The SMILES string of the molecule is C=CCN(C(=O)C1N(CCCO)C(=O)[C@@H]2[C@@H](C(=O)N(CC=C)c3ccccc3)[C@H]3CCC12O3)c1ccc2ccccc2c1. The molecule has 222 valence electrons. The average molecular weight is 580 g/mol. The number of hydrogen-bond acceptors (Lipinski definition) is 5. The zero-order chi connectivity index (χ0) is 30.1. The first-order chi connectivity index (χ1) is 20.9. The molecule has 0 aliphatic carbocycles. The molecule has 3 fully saturated rings. The zero-order valence-electron chi connectivity index (χ0n) is 24.2. The van der Waals surface area contributed by atoms with E-state index in [2.05, 4.69) is 13.2 Å². The molecule has 3 aromatic rings. The van der Waals surface area contributed by atoms with Crippen LogP contribution in [0.4, 0.5) is 11.4 Å². The van der Waals surface area contributed by atoms with Gasteiger partial charge in [-0.25, -0.2) is 0 Å². The Labute approximate surface area is 251 Å². The maximum absolute atomic E-state index is 14.7. The van der Waals surface area contributed by atoms with Crippen molar-refractivity contribution < 1.29 is 24.2 Å². The third-order valence-electron chi connectivity index (χ3n) is 9.14. The quantitative estimate of drug-likeness (QED) is 0.342. The van der Waals surface area contributed by atoms with Gasteiger partial charge in [-0.3, -0.25) is 14.4 Å². The Hall–Kier alpha value is -4.27. The van der Waals surface area contributed by atoms with Crippen LogP contribution in [-0.2, 0) is 19.1 Å². The van der Waals surface area contributed by atoms with Gasteiger partial charge in [0.05, 0.1) is 17.9 Å². The van der Waals surface area contributed by atoms with Crippen LogP contribution in [0.1, 0.15) is 19.3 Å². The zero-order valence-corrected chi connectivity index (χ0v) is 24.2. The molecule has 3 heterocycles. The number of carbonyl (C=O) groups excluding carboxylic acids is 3. The van der Waals surface area contributed by atoms with Crippen LogP contribution in [0, 0.1) is 11.8 Å². The van der Waals surface area contributed by atoms with Crippen LogP contribution in [-0.4, -0.2) is 71.7 Å². The Balaban J connectivity index is 1.40. The van der Waals surface area contributed by atoms with Gasteiger partial charge in [-0.05, 0) is 54.3 Å². The molecule has 0 aromatic heterocycles. The molecule has 3 aliphatic heterocycles. The molecule has 5 atom stereocenters. The molecular formula is C35H37N3O5. The number of ether oxygens (including phenoxy) is 1. The number of rotatable bonds is 11. The van der Waals surface area contributed by atoms with Gasteiger partial charge in [0.1, 0.15) is 11.6 Å². The lowest BCUT2D eigenvalue weighted by Gasteiger charge is -2.37. The Bertz CT molecular complexity index is 1560. The summed E-state index contributed by atoms with van der Waals surface area (Å²) in [7, 11) is 0. The van der Waals surface area contributed by atoms with Gasteiger partial charge in [-0.1, -0.05) is 60.7 Å². The smallest absolute Gasteiger partial charge is 0.253 e.